The molecule has 0 amide bonds. The van der Waals surface area contributed by atoms with Crippen LogP contribution in [-0.2, 0) is 6.42 Å². The van der Waals surface area contributed by atoms with Crippen molar-refractivity contribution in [1.29, 1.82) is 0 Å². The summed E-state index contributed by atoms with van der Waals surface area (Å²) in [5, 5.41) is 0. The summed E-state index contributed by atoms with van der Waals surface area (Å²) in [6, 6.07) is 0.393. The zero-order chi connectivity index (χ0) is 32.3. The average molecular weight is 640 g/mol. The zero-order valence-corrected chi connectivity index (χ0v) is 28.8. The smallest absolute Gasteiger partial charge is 0.0528 e. The third kappa shape index (κ3) is 5.10. The number of nitrogens with zero attached hydrogens (tertiary/aromatic N) is 1. The molecule has 1 heteroatoms. The van der Waals surface area contributed by atoms with Gasteiger partial charge in [0.05, 0.1) is 6.04 Å². The average Bonchev–Trinajstić information content (AvgIpc) is 3.52. The molecule has 1 aromatic heterocycles. The molecule has 246 valence electrons. The van der Waals surface area contributed by atoms with Gasteiger partial charge >= 0.3 is 0 Å². The Kier molecular flexibility index (Phi) is 7.50. The van der Waals surface area contributed by atoms with Gasteiger partial charge in [-0.15, -0.1) is 0 Å². The van der Waals surface area contributed by atoms with Crippen molar-refractivity contribution in [2.24, 2.45) is 29.6 Å². The molecular weight excluding hydrogens is 591 g/mol. The Bertz CT molecular complexity index is 1970. The lowest BCUT2D eigenvalue weighted by Gasteiger charge is -2.43. The van der Waals surface area contributed by atoms with Crippen molar-refractivity contribution < 1.29 is 0 Å². The highest BCUT2D eigenvalue weighted by Crippen LogP contribution is 2.56. The SMILES string of the molecule is C1=CC(C2=CC3C=CC(n4c5c(c6c4C=CC4CC(C7=CC(C8=CCCC=C8)CC=C7)=C7CCC=CC7C64)CCC=C5)CC3C=C2)=CCC1. The highest BCUT2D eigenvalue weighted by molar-refractivity contribution is 5.70. The van der Waals surface area contributed by atoms with Gasteiger partial charge in [-0.2, -0.15) is 0 Å². The second-order valence-electron chi connectivity index (χ2n) is 15.8. The fraction of sp³-hybridized carbons (Fsp3) is 0.375. The molecule has 1 heterocycles. The van der Waals surface area contributed by atoms with Crippen LogP contribution in [-0.4, -0.2) is 4.57 Å². The molecule has 0 radical (unpaired) electrons. The van der Waals surface area contributed by atoms with Crippen LogP contribution in [0.15, 0.2) is 143 Å². The van der Waals surface area contributed by atoms with Crippen LogP contribution >= 0.6 is 0 Å². The van der Waals surface area contributed by atoms with Gasteiger partial charge in [-0.05, 0) is 134 Å². The second kappa shape index (κ2) is 12.3. The van der Waals surface area contributed by atoms with Gasteiger partial charge in [-0.1, -0.05) is 115 Å². The van der Waals surface area contributed by atoms with Crippen LogP contribution in [0.1, 0.15) is 98.7 Å². The molecule has 0 saturated heterocycles. The van der Waals surface area contributed by atoms with Crippen molar-refractivity contribution in [2.75, 3.05) is 0 Å². The Morgan fingerprint density at radius 3 is 2.35 bits per heavy atom. The number of hydrogen-bond donors (Lipinski definition) is 0. The maximum Gasteiger partial charge on any atom is 0.0528 e. The Morgan fingerprint density at radius 2 is 1.45 bits per heavy atom. The van der Waals surface area contributed by atoms with Crippen LogP contribution in [0.3, 0.4) is 0 Å². The van der Waals surface area contributed by atoms with E-state index in [1.807, 2.05) is 0 Å². The van der Waals surface area contributed by atoms with Gasteiger partial charge in [-0.25, -0.2) is 0 Å². The molecule has 9 aliphatic rings. The number of aromatic nitrogens is 1. The maximum absolute atomic E-state index is 2.77. The number of allylic oxidation sites excluding steroid dienone is 24. The van der Waals surface area contributed by atoms with Crippen molar-refractivity contribution in [2.45, 2.75) is 82.6 Å². The summed E-state index contributed by atoms with van der Waals surface area (Å²) in [5.74, 6) is 3.17. The summed E-state index contributed by atoms with van der Waals surface area (Å²) in [7, 11) is 0. The molecule has 7 atom stereocenters. The van der Waals surface area contributed by atoms with Crippen molar-refractivity contribution in [1.82, 2.24) is 4.57 Å². The molecule has 0 N–H and O–H groups in total. The highest BCUT2D eigenvalue weighted by Gasteiger charge is 2.44. The molecule has 0 spiro atoms. The molecule has 9 aliphatic carbocycles. The molecule has 10 rings (SSSR count). The monoisotopic (exact) mass is 639 g/mol. The Morgan fingerprint density at radius 1 is 0.592 bits per heavy atom. The van der Waals surface area contributed by atoms with Crippen molar-refractivity contribution in [3.8, 4) is 0 Å². The van der Waals surface area contributed by atoms with Gasteiger partial charge in [0.1, 0.15) is 0 Å². The van der Waals surface area contributed by atoms with E-state index in [1.54, 1.807) is 22.3 Å². The van der Waals surface area contributed by atoms with Crippen LogP contribution < -0.4 is 0 Å². The van der Waals surface area contributed by atoms with E-state index in [0.29, 0.717) is 41.5 Å². The summed E-state index contributed by atoms with van der Waals surface area (Å²) in [6.07, 6.45) is 62.6. The molecule has 7 unspecified atom stereocenters. The van der Waals surface area contributed by atoms with Crippen molar-refractivity contribution >= 4 is 12.2 Å². The van der Waals surface area contributed by atoms with E-state index < -0.39 is 0 Å². The largest absolute Gasteiger partial charge is 0.334 e. The van der Waals surface area contributed by atoms with E-state index in [4.69, 9.17) is 0 Å². The second-order valence-corrected chi connectivity index (χ2v) is 15.8. The third-order valence-corrected chi connectivity index (χ3v) is 13.1. The summed E-state index contributed by atoms with van der Waals surface area (Å²) in [5.41, 5.74) is 15.6. The van der Waals surface area contributed by atoms with Crippen LogP contribution in [0.2, 0.25) is 0 Å². The topological polar surface area (TPSA) is 4.93 Å². The Hall–Kier alpha value is -4.10. The van der Waals surface area contributed by atoms with Crippen molar-refractivity contribution in [3.63, 3.8) is 0 Å². The summed E-state index contributed by atoms with van der Waals surface area (Å²) < 4.78 is 2.77. The molecule has 0 aromatic carbocycles. The molecule has 0 fully saturated rings. The predicted octanol–water partition coefficient (Wildman–Crippen LogP) is 12.1. The van der Waals surface area contributed by atoms with Crippen LogP contribution in [0, 0.1) is 29.6 Å². The fourth-order valence-corrected chi connectivity index (χ4v) is 10.8. The van der Waals surface area contributed by atoms with E-state index in [9.17, 15) is 0 Å². The van der Waals surface area contributed by atoms with Crippen molar-refractivity contribution in [3.05, 3.63) is 165 Å². The van der Waals surface area contributed by atoms with Gasteiger partial charge in [0.25, 0.3) is 0 Å². The molecule has 1 nitrogen and oxygen atoms in total. The first-order valence-electron chi connectivity index (χ1n) is 19.5. The standard InChI is InChI=1S/C48H49N/c1-3-12-32(13-4-1)34-16-11-17-38(29-34)44-31-39-25-27-46-48(47(39)42-19-8-7-18-41(42)44)43-20-9-10-21-45(43)49(46)40-26-24-36-28-35(22-23-37(36)30-40)33-14-5-2-6-15-33/h3,5,8,10-15,17,19,21-29,34,36-37,39-40,42,47H,1-2,4,6-7,9,16,18,20,30-31H2. The number of rotatable bonds is 4. The Labute approximate surface area is 293 Å². The quantitative estimate of drug-likeness (QED) is 0.289. The summed E-state index contributed by atoms with van der Waals surface area (Å²) in [4.78, 5) is 0. The van der Waals surface area contributed by atoms with E-state index >= 15 is 0 Å². The molecule has 0 aliphatic heterocycles. The lowest BCUT2D eigenvalue weighted by molar-refractivity contribution is 0.379. The lowest BCUT2D eigenvalue weighted by atomic mass is 9.60. The number of hydrogen-bond acceptors (Lipinski definition) is 0. The van der Waals surface area contributed by atoms with E-state index in [-0.39, 0.29) is 0 Å². The van der Waals surface area contributed by atoms with Gasteiger partial charge in [0, 0.05) is 35.1 Å². The lowest BCUT2D eigenvalue weighted by Crippen LogP contribution is -2.31. The maximum atomic E-state index is 2.77. The minimum atomic E-state index is 0.393. The first-order valence-corrected chi connectivity index (χ1v) is 19.5. The van der Waals surface area contributed by atoms with Gasteiger partial charge in [0.15, 0.2) is 0 Å². The molecule has 1 aromatic rings. The van der Waals surface area contributed by atoms with Crippen LogP contribution in [0.5, 0.6) is 0 Å². The summed E-state index contributed by atoms with van der Waals surface area (Å²) in [6.45, 7) is 0. The molecule has 49 heavy (non-hydrogen) atoms. The van der Waals surface area contributed by atoms with E-state index in [0.717, 1.165) is 19.3 Å². The normalized spacial score (nSPS) is 33.6. The van der Waals surface area contributed by atoms with E-state index in [2.05, 4.69) is 126 Å². The van der Waals surface area contributed by atoms with Crippen LogP contribution in [0.25, 0.3) is 12.2 Å². The molecule has 0 bridgehead atoms. The Balaban J connectivity index is 1.01. The van der Waals surface area contributed by atoms with Gasteiger partial charge in [0.2, 0.25) is 0 Å². The third-order valence-electron chi connectivity index (χ3n) is 13.1. The first kappa shape index (κ1) is 29.8. The molecule has 0 saturated carbocycles. The number of fused-ring (bicyclic) bond motifs is 8. The van der Waals surface area contributed by atoms with Gasteiger partial charge < -0.3 is 4.57 Å². The van der Waals surface area contributed by atoms with E-state index in [1.165, 1.54) is 85.0 Å². The zero-order valence-electron chi connectivity index (χ0n) is 28.8. The molecular formula is C48H49N. The van der Waals surface area contributed by atoms with Crippen LogP contribution in [0.4, 0.5) is 0 Å². The minimum Gasteiger partial charge on any atom is -0.334 e. The minimum absolute atomic E-state index is 0.393. The fourth-order valence-electron chi connectivity index (χ4n) is 10.8. The van der Waals surface area contributed by atoms with Gasteiger partial charge in [-0.3, -0.25) is 0 Å². The summed E-state index contributed by atoms with van der Waals surface area (Å²) >= 11 is 0. The predicted molar refractivity (Wildman–Crippen MR) is 206 cm³/mol. The highest BCUT2D eigenvalue weighted by atomic mass is 15.0. The first-order chi connectivity index (χ1) is 24.3.